The number of hydrogen-bond acceptors (Lipinski definition) is 4. The van der Waals surface area contributed by atoms with Crippen LogP contribution < -0.4 is 21.1 Å². The van der Waals surface area contributed by atoms with Crippen LogP contribution in [0.15, 0.2) is 28.7 Å². The Hall–Kier alpha value is -1.60. The number of nitrogens with one attached hydrogen (secondary N) is 2. The van der Waals surface area contributed by atoms with Crippen molar-refractivity contribution in [2.45, 2.75) is 32.9 Å². The van der Waals surface area contributed by atoms with Gasteiger partial charge in [0.05, 0.1) is 23.6 Å². The second-order valence-electron chi connectivity index (χ2n) is 5.65. The molecule has 0 heterocycles. The van der Waals surface area contributed by atoms with Gasteiger partial charge in [0.1, 0.15) is 11.9 Å². The molecule has 1 aromatic rings. The summed E-state index contributed by atoms with van der Waals surface area (Å²) in [7, 11) is 0. The molecule has 0 aliphatic carbocycles. The van der Waals surface area contributed by atoms with Crippen LogP contribution >= 0.6 is 15.9 Å². The van der Waals surface area contributed by atoms with Gasteiger partial charge < -0.3 is 21.1 Å². The molecule has 1 aromatic carbocycles. The summed E-state index contributed by atoms with van der Waals surface area (Å²) in [6, 6.07) is 6.89. The molecule has 23 heavy (non-hydrogen) atoms. The van der Waals surface area contributed by atoms with E-state index in [1.807, 2.05) is 45.0 Å². The summed E-state index contributed by atoms with van der Waals surface area (Å²) in [4.78, 5) is 23.4. The first-order valence-electron chi connectivity index (χ1n) is 7.52. The van der Waals surface area contributed by atoms with Gasteiger partial charge in [-0.2, -0.15) is 0 Å². The second kappa shape index (κ2) is 9.52. The van der Waals surface area contributed by atoms with Gasteiger partial charge in [0.2, 0.25) is 11.8 Å². The topological polar surface area (TPSA) is 93.5 Å². The van der Waals surface area contributed by atoms with E-state index in [-0.39, 0.29) is 30.4 Å². The average Bonchev–Trinajstić information content (AvgIpc) is 2.51. The lowest BCUT2D eigenvalue weighted by molar-refractivity contribution is -0.127. The molecular weight excluding hydrogens is 362 g/mol. The zero-order valence-electron chi connectivity index (χ0n) is 13.6. The van der Waals surface area contributed by atoms with Crippen LogP contribution in [0, 0.1) is 5.92 Å². The van der Waals surface area contributed by atoms with E-state index in [1.54, 1.807) is 0 Å². The number of halogens is 1. The molecule has 0 saturated heterocycles. The Labute approximate surface area is 145 Å². The number of carbonyl (C=O) groups excluding carboxylic acids is 2. The summed E-state index contributed by atoms with van der Waals surface area (Å²) < 4.78 is 6.58. The Morgan fingerprint density at radius 1 is 1.22 bits per heavy atom. The third-order valence-electron chi connectivity index (χ3n) is 3.20. The first kappa shape index (κ1) is 19.4. The van der Waals surface area contributed by atoms with Crippen molar-refractivity contribution in [1.82, 2.24) is 10.6 Å². The Balaban J connectivity index is 2.30. The number of amides is 2. The Kier molecular flexibility index (Phi) is 8.05. The minimum Gasteiger partial charge on any atom is -0.488 e. The van der Waals surface area contributed by atoms with Gasteiger partial charge in [0, 0.05) is 0 Å². The number of hydrogen-bond donors (Lipinski definition) is 3. The molecule has 0 saturated carbocycles. The first-order valence-corrected chi connectivity index (χ1v) is 8.31. The molecule has 2 atom stereocenters. The fourth-order valence-electron chi connectivity index (χ4n) is 1.71. The number of benzene rings is 1. The monoisotopic (exact) mass is 385 g/mol. The summed E-state index contributed by atoms with van der Waals surface area (Å²) in [5.74, 6) is 0.130. The predicted molar refractivity (Wildman–Crippen MR) is 93.1 cm³/mol. The van der Waals surface area contributed by atoms with Gasteiger partial charge in [-0.05, 0) is 40.9 Å². The SMILES string of the molecule is CC(CNC(=O)CNC(=O)[C@@H](N)C(C)C)Oc1ccccc1Br. The normalized spacial score (nSPS) is 13.3. The van der Waals surface area contributed by atoms with Crippen LogP contribution in [0.3, 0.4) is 0 Å². The summed E-state index contributed by atoms with van der Waals surface area (Å²) >= 11 is 3.40. The Bertz CT molecular complexity index is 537. The van der Waals surface area contributed by atoms with Crippen LogP contribution in [0.1, 0.15) is 20.8 Å². The van der Waals surface area contributed by atoms with Crippen LogP contribution in [-0.4, -0.2) is 37.0 Å². The van der Waals surface area contributed by atoms with Gasteiger partial charge in [-0.25, -0.2) is 0 Å². The highest BCUT2D eigenvalue weighted by Crippen LogP contribution is 2.24. The first-order chi connectivity index (χ1) is 10.8. The molecule has 0 aromatic heterocycles. The Morgan fingerprint density at radius 3 is 2.48 bits per heavy atom. The minimum absolute atomic E-state index is 0.0239. The minimum atomic E-state index is -0.611. The molecule has 128 valence electrons. The lowest BCUT2D eigenvalue weighted by atomic mass is 10.1. The molecule has 2 amide bonds. The quantitative estimate of drug-likeness (QED) is 0.630. The van der Waals surface area contributed by atoms with Crippen LogP contribution in [0.25, 0.3) is 0 Å². The van der Waals surface area contributed by atoms with Crippen molar-refractivity contribution in [3.8, 4) is 5.75 Å². The zero-order valence-corrected chi connectivity index (χ0v) is 15.2. The fourth-order valence-corrected chi connectivity index (χ4v) is 2.09. The molecule has 0 aliphatic heterocycles. The number of nitrogens with two attached hydrogens (primary N) is 1. The maximum atomic E-state index is 11.7. The van der Waals surface area contributed by atoms with Crippen molar-refractivity contribution in [2.24, 2.45) is 11.7 Å². The Morgan fingerprint density at radius 2 is 1.87 bits per heavy atom. The van der Waals surface area contributed by atoms with Crippen LogP contribution in [-0.2, 0) is 9.59 Å². The summed E-state index contributed by atoms with van der Waals surface area (Å²) in [6.07, 6.45) is -0.203. The third kappa shape index (κ3) is 7.00. The van der Waals surface area contributed by atoms with E-state index in [1.165, 1.54) is 0 Å². The smallest absolute Gasteiger partial charge is 0.239 e. The molecular formula is C16H24BrN3O3. The van der Waals surface area contributed by atoms with Crippen molar-refractivity contribution < 1.29 is 14.3 Å². The lowest BCUT2D eigenvalue weighted by Gasteiger charge is -2.17. The largest absolute Gasteiger partial charge is 0.488 e. The third-order valence-corrected chi connectivity index (χ3v) is 3.85. The summed E-state index contributed by atoms with van der Waals surface area (Å²) in [5, 5.41) is 5.23. The van der Waals surface area contributed by atoms with E-state index in [0.29, 0.717) is 12.3 Å². The van der Waals surface area contributed by atoms with Crippen molar-refractivity contribution in [2.75, 3.05) is 13.1 Å². The van der Waals surface area contributed by atoms with E-state index >= 15 is 0 Å². The van der Waals surface area contributed by atoms with E-state index in [4.69, 9.17) is 10.5 Å². The molecule has 4 N–H and O–H groups in total. The molecule has 0 radical (unpaired) electrons. The second-order valence-corrected chi connectivity index (χ2v) is 6.50. The van der Waals surface area contributed by atoms with Gasteiger partial charge in [-0.1, -0.05) is 26.0 Å². The van der Waals surface area contributed by atoms with E-state index in [9.17, 15) is 9.59 Å². The van der Waals surface area contributed by atoms with Crippen molar-refractivity contribution in [3.05, 3.63) is 28.7 Å². The highest BCUT2D eigenvalue weighted by Gasteiger charge is 2.17. The maximum Gasteiger partial charge on any atom is 0.239 e. The lowest BCUT2D eigenvalue weighted by Crippen LogP contribution is -2.47. The standard InChI is InChI=1S/C16H24BrN3O3/c1-10(2)15(18)16(22)20-9-14(21)19-8-11(3)23-13-7-5-4-6-12(13)17/h4-7,10-11,15H,8-9,18H2,1-3H3,(H,19,21)(H,20,22)/t11?,15-/m0/s1. The van der Waals surface area contributed by atoms with Gasteiger partial charge in [-0.3, -0.25) is 9.59 Å². The van der Waals surface area contributed by atoms with Crippen LogP contribution in [0.4, 0.5) is 0 Å². The molecule has 0 fully saturated rings. The molecule has 1 rings (SSSR count). The van der Waals surface area contributed by atoms with Gasteiger partial charge in [-0.15, -0.1) is 0 Å². The molecule has 0 aliphatic rings. The maximum absolute atomic E-state index is 11.7. The predicted octanol–water partition coefficient (Wildman–Crippen LogP) is 1.43. The number of carbonyl (C=O) groups is 2. The highest BCUT2D eigenvalue weighted by molar-refractivity contribution is 9.10. The summed E-state index contributed by atoms with van der Waals surface area (Å²) in [6.45, 7) is 5.80. The van der Waals surface area contributed by atoms with Gasteiger partial charge >= 0.3 is 0 Å². The molecule has 0 bridgehead atoms. The van der Waals surface area contributed by atoms with Crippen molar-refractivity contribution in [3.63, 3.8) is 0 Å². The fraction of sp³-hybridized carbons (Fsp3) is 0.500. The number of para-hydroxylation sites is 1. The van der Waals surface area contributed by atoms with Crippen molar-refractivity contribution in [1.29, 1.82) is 0 Å². The average molecular weight is 386 g/mol. The van der Waals surface area contributed by atoms with Crippen LogP contribution in [0.5, 0.6) is 5.75 Å². The summed E-state index contributed by atoms with van der Waals surface area (Å²) in [5.41, 5.74) is 5.70. The molecule has 1 unspecified atom stereocenters. The van der Waals surface area contributed by atoms with Gasteiger partial charge in [0.25, 0.3) is 0 Å². The molecule has 0 spiro atoms. The van der Waals surface area contributed by atoms with Gasteiger partial charge in [0.15, 0.2) is 0 Å². The molecule has 7 heteroatoms. The zero-order chi connectivity index (χ0) is 17.4. The van der Waals surface area contributed by atoms with E-state index in [0.717, 1.165) is 4.47 Å². The number of rotatable bonds is 8. The highest BCUT2D eigenvalue weighted by atomic mass is 79.9. The molecule has 6 nitrogen and oxygen atoms in total. The van der Waals surface area contributed by atoms with Crippen LogP contribution in [0.2, 0.25) is 0 Å². The number of ether oxygens (including phenoxy) is 1. The van der Waals surface area contributed by atoms with E-state index < -0.39 is 6.04 Å². The van der Waals surface area contributed by atoms with Crippen molar-refractivity contribution >= 4 is 27.7 Å². The van der Waals surface area contributed by atoms with E-state index in [2.05, 4.69) is 26.6 Å².